The minimum atomic E-state index is 0.710. The van der Waals surface area contributed by atoms with E-state index in [4.69, 9.17) is 9.47 Å². The predicted molar refractivity (Wildman–Crippen MR) is 91.2 cm³/mol. The molecule has 0 aliphatic carbocycles. The quantitative estimate of drug-likeness (QED) is 0.724. The largest absolute Gasteiger partial charge is 0.493 e. The highest BCUT2D eigenvalue weighted by atomic mass is 16.5. The van der Waals surface area contributed by atoms with Gasteiger partial charge in [0.05, 0.1) is 19.7 Å². The van der Waals surface area contributed by atoms with Crippen molar-refractivity contribution in [3.05, 3.63) is 54.4 Å². The van der Waals surface area contributed by atoms with Crippen LogP contribution in [-0.4, -0.2) is 31.2 Å². The van der Waals surface area contributed by atoms with Gasteiger partial charge < -0.3 is 14.4 Å². The Kier molecular flexibility index (Phi) is 4.28. The second-order valence-electron chi connectivity index (χ2n) is 5.26. The zero-order chi connectivity index (χ0) is 16.2. The number of aromatic nitrogens is 2. The lowest BCUT2D eigenvalue weighted by molar-refractivity contribution is 0.354. The molecule has 0 atom stereocenters. The molecule has 0 unspecified atom stereocenters. The lowest BCUT2D eigenvalue weighted by atomic mass is 10.1. The Bertz CT molecular complexity index is 815. The molecule has 2 aromatic carbocycles. The van der Waals surface area contributed by atoms with Crippen molar-refractivity contribution in [2.24, 2.45) is 0 Å². The van der Waals surface area contributed by atoms with Crippen LogP contribution in [0.2, 0.25) is 0 Å². The Morgan fingerprint density at radius 2 is 1.74 bits per heavy atom. The highest BCUT2D eigenvalue weighted by molar-refractivity contribution is 5.89. The number of benzene rings is 2. The van der Waals surface area contributed by atoms with Gasteiger partial charge in [-0.15, -0.1) is 0 Å². The zero-order valence-corrected chi connectivity index (χ0v) is 13.5. The lowest BCUT2D eigenvalue weighted by Gasteiger charge is -2.20. The standard InChI is InChI=1S/C18H19N3O2/c1-21(11-13-8-9-16(22-2)17(10-13)23-3)18-14-6-4-5-7-15(14)19-12-20-18/h4-10,12H,11H2,1-3H3. The third kappa shape index (κ3) is 3.04. The number of hydrogen-bond acceptors (Lipinski definition) is 5. The van der Waals surface area contributed by atoms with E-state index < -0.39 is 0 Å². The molecule has 118 valence electrons. The molecule has 0 bridgehead atoms. The topological polar surface area (TPSA) is 47.5 Å². The Labute approximate surface area is 135 Å². The summed E-state index contributed by atoms with van der Waals surface area (Å²) >= 11 is 0. The molecule has 0 saturated carbocycles. The van der Waals surface area contributed by atoms with Crippen LogP contribution in [0.15, 0.2) is 48.8 Å². The van der Waals surface area contributed by atoms with E-state index in [0.717, 1.165) is 33.8 Å². The highest BCUT2D eigenvalue weighted by Gasteiger charge is 2.11. The number of para-hydroxylation sites is 1. The molecule has 1 aromatic heterocycles. The maximum absolute atomic E-state index is 5.37. The van der Waals surface area contributed by atoms with Gasteiger partial charge in [-0.05, 0) is 29.8 Å². The number of nitrogens with zero attached hydrogens (tertiary/aromatic N) is 3. The molecule has 0 aliphatic heterocycles. The van der Waals surface area contributed by atoms with Gasteiger partial charge in [-0.3, -0.25) is 0 Å². The Hall–Kier alpha value is -2.82. The van der Waals surface area contributed by atoms with E-state index in [-0.39, 0.29) is 0 Å². The summed E-state index contributed by atoms with van der Waals surface area (Å²) in [5.74, 6) is 2.36. The van der Waals surface area contributed by atoms with Gasteiger partial charge in [0.2, 0.25) is 0 Å². The first-order chi connectivity index (χ1) is 11.2. The summed E-state index contributed by atoms with van der Waals surface area (Å²) < 4.78 is 10.6. The second-order valence-corrected chi connectivity index (χ2v) is 5.26. The number of rotatable bonds is 5. The fourth-order valence-electron chi connectivity index (χ4n) is 2.62. The second kappa shape index (κ2) is 6.52. The molecule has 0 aliphatic rings. The van der Waals surface area contributed by atoms with Crippen LogP contribution in [0.5, 0.6) is 11.5 Å². The van der Waals surface area contributed by atoms with Crippen LogP contribution < -0.4 is 14.4 Å². The Morgan fingerprint density at radius 1 is 0.957 bits per heavy atom. The first-order valence-electron chi connectivity index (χ1n) is 7.34. The molecular weight excluding hydrogens is 290 g/mol. The van der Waals surface area contributed by atoms with Crippen molar-refractivity contribution in [2.75, 3.05) is 26.2 Å². The van der Waals surface area contributed by atoms with E-state index in [9.17, 15) is 0 Å². The van der Waals surface area contributed by atoms with Crippen molar-refractivity contribution in [2.45, 2.75) is 6.54 Å². The third-order valence-electron chi connectivity index (χ3n) is 3.75. The molecule has 23 heavy (non-hydrogen) atoms. The molecule has 0 fully saturated rings. The van der Waals surface area contributed by atoms with Crippen molar-refractivity contribution in [1.29, 1.82) is 0 Å². The summed E-state index contributed by atoms with van der Waals surface area (Å²) in [5.41, 5.74) is 2.06. The van der Waals surface area contributed by atoms with Crippen molar-refractivity contribution in [1.82, 2.24) is 9.97 Å². The zero-order valence-electron chi connectivity index (χ0n) is 13.5. The van der Waals surface area contributed by atoms with Crippen LogP contribution in [0.1, 0.15) is 5.56 Å². The summed E-state index contributed by atoms with van der Waals surface area (Å²) in [6.07, 6.45) is 1.60. The minimum absolute atomic E-state index is 0.710. The van der Waals surface area contributed by atoms with E-state index in [2.05, 4.69) is 14.9 Å². The van der Waals surface area contributed by atoms with Gasteiger partial charge in [-0.25, -0.2) is 9.97 Å². The summed E-state index contributed by atoms with van der Waals surface area (Å²) in [6.45, 7) is 0.710. The SMILES string of the molecule is COc1ccc(CN(C)c2ncnc3ccccc23)cc1OC. The van der Waals surface area contributed by atoms with E-state index in [0.29, 0.717) is 6.54 Å². The fraction of sp³-hybridized carbons (Fsp3) is 0.222. The van der Waals surface area contributed by atoms with Crippen LogP contribution in [0.25, 0.3) is 10.9 Å². The van der Waals surface area contributed by atoms with Crippen LogP contribution in [0.4, 0.5) is 5.82 Å². The molecule has 1 heterocycles. The molecule has 0 saturated heterocycles. The molecule has 3 rings (SSSR count). The fourth-order valence-corrected chi connectivity index (χ4v) is 2.62. The molecule has 5 heteroatoms. The lowest BCUT2D eigenvalue weighted by Crippen LogP contribution is -2.18. The monoisotopic (exact) mass is 309 g/mol. The number of ether oxygens (including phenoxy) is 2. The first-order valence-corrected chi connectivity index (χ1v) is 7.34. The van der Waals surface area contributed by atoms with Crippen molar-refractivity contribution < 1.29 is 9.47 Å². The smallest absolute Gasteiger partial charge is 0.161 e. The van der Waals surface area contributed by atoms with E-state index in [1.807, 2.05) is 49.5 Å². The summed E-state index contributed by atoms with van der Waals surface area (Å²) in [4.78, 5) is 10.8. The summed E-state index contributed by atoms with van der Waals surface area (Å²) in [7, 11) is 5.30. The normalized spacial score (nSPS) is 10.6. The number of hydrogen-bond donors (Lipinski definition) is 0. The van der Waals surface area contributed by atoms with Gasteiger partial charge in [0.15, 0.2) is 11.5 Å². The van der Waals surface area contributed by atoms with Crippen LogP contribution in [0, 0.1) is 0 Å². The molecule has 0 amide bonds. The van der Waals surface area contributed by atoms with Gasteiger partial charge in [0.25, 0.3) is 0 Å². The average molecular weight is 309 g/mol. The highest BCUT2D eigenvalue weighted by Crippen LogP contribution is 2.29. The van der Waals surface area contributed by atoms with E-state index >= 15 is 0 Å². The predicted octanol–water partition coefficient (Wildman–Crippen LogP) is 3.28. The van der Waals surface area contributed by atoms with Gasteiger partial charge in [0, 0.05) is 19.0 Å². The maximum atomic E-state index is 5.37. The number of fused-ring (bicyclic) bond motifs is 1. The van der Waals surface area contributed by atoms with E-state index in [1.54, 1.807) is 20.5 Å². The molecule has 5 nitrogen and oxygen atoms in total. The third-order valence-corrected chi connectivity index (χ3v) is 3.75. The average Bonchev–Trinajstić information content (AvgIpc) is 2.61. The first kappa shape index (κ1) is 15.1. The van der Waals surface area contributed by atoms with Crippen LogP contribution >= 0.6 is 0 Å². The van der Waals surface area contributed by atoms with Gasteiger partial charge in [0.1, 0.15) is 12.1 Å². The van der Waals surface area contributed by atoms with Crippen molar-refractivity contribution in [3.8, 4) is 11.5 Å². The van der Waals surface area contributed by atoms with Crippen LogP contribution in [-0.2, 0) is 6.54 Å². The Morgan fingerprint density at radius 3 is 2.52 bits per heavy atom. The maximum Gasteiger partial charge on any atom is 0.161 e. The Balaban J connectivity index is 1.90. The summed E-state index contributed by atoms with van der Waals surface area (Å²) in [5, 5.41) is 1.04. The molecule has 0 spiro atoms. The molecule has 0 radical (unpaired) electrons. The molecule has 0 N–H and O–H groups in total. The summed E-state index contributed by atoms with van der Waals surface area (Å²) in [6, 6.07) is 13.9. The van der Waals surface area contributed by atoms with Crippen LogP contribution in [0.3, 0.4) is 0 Å². The molecular formula is C18H19N3O2. The van der Waals surface area contributed by atoms with Crippen molar-refractivity contribution in [3.63, 3.8) is 0 Å². The van der Waals surface area contributed by atoms with Gasteiger partial charge in [-0.2, -0.15) is 0 Å². The minimum Gasteiger partial charge on any atom is -0.493 e. The van der Waals surface area contributed by atoms with Gasteiger partial charge in [-0.1, -0.05) is 18.2 Å². The van der Waals surface area contributed by atoms with Gasteiger partial charge >= 0.3 is 0 Å². The number of methoxy groups -OCH3 is 2. The number of anilines is 1. The molecule has 3 aromatic rings. The van der Waals surface area contributed by atoms with Crippen molar-refractivity contribution >= 4 is 16.7 Å². The van der Waals surface area contributed by atoms with E-state index in [1.165, 1.54) is 0 Å².